The van der Waals surface area contributed by atoms with Crippen molar-refractivity contribution < 1.29 is 14.3 Å². The number of anilines is 1. The lowest BCUT2D eigenvalue weighted by molar-refractivity contribution is -0.139. The Morgan fingerprint density at radius 1 is 1.52 bits per heavy atom. The van der Waals surface area contributed by atoms with Crippen LogP contribution >= 0.6 is 0 Å². The molecule has 3 N–H and O–H groups in total. The largest absolute Gasteiger partial charge is 0.463 e. The Morgan fingerprint density at radius 2 is 2.32 bits per heavy atom. The molecule has 0 radical (unpaired) electrons. The molecular formula is C19H21N3O3. The second-order valence-electron chi connectivity index (χ2n) is 6.03. The summed E-state index contributed by atoms with van der Waals surface area (Å²) in [6.45, 7) is 4.51. The molecule has 130 valence electrons. The summed E-state index contributed by atoms with van der Waals surface area (Å²) in [7, 11) is 0. The Kier molecular flexibility index (Phi) is 4.66. The zero-order chi connectivity index (χ0) is 18.0. The van der Waals surface area contributed by atoms with E-state index in [1.165, 1.54) is 5.56 Å². The summed E-state index contributed by atoms with van der Waals surface area (Å²) in [5.74, 6) is -0.683. The predicted octanol–water partition coefficient (Wildman–Crippen LogP) is 2.69. The fourth-order valence-corrected chi connectivity index (χ4v) is 3.44. The molecule has 6 nitrogen and oxygen atoms in total. The molecular weight excluding hydrogens is 318 g/mol. The highest BCUT2D eigenvalue weighted by molar-refractivity contribution is 5.93. The van der Waals surface area contributed by atoms with Gasteiger partial charge in [-0.3, -0.25) is 0 Å². The molecule has 0 aliphatic carbocycles. The summed E-state index contributed by atoms with van der Waals surface area (Å²) in [6, 6.07) is 8.04. The van der Waals surface area contributed by atoms with Gasteiger partial charge in [0.1, 0.15) is 17.4 Å². The monoisotopic (exact) mass is 339 g/mol. The Bertz CT molecular complexity index is 818. The van der Waals surface area contributed by atoms with E-state index in [-0.39, 0.29) is 18.1 Å². The number of ether oxygens (including phenoxy) is 2. The molecule has 3 rings (SSSR count). The molecule has 1 unspecified atom stereocenters. The summed E-state index contributed by atoms with van der Waals surface area (Å²) >= 11 is 0. The molecule has 2 heterocycles. The number of nitriles is 1. The molecule has 25 heavy (non-hydrogen) atoms. The van der Waals surface area contributed by atoms with E-state index in [1.54, 1.807) is 13.8 Å². The number of esters is 1. The molecule has 0 amide bonds. The van der Waals surface area contributed by atoms with Gasteiger partial charge in [0.2, 0.25) is 5.88 Å². The molecule has 6 heteroatoms. The number of benzene rings is 1. The third-order valence-electron chi connectivity index (χ3n) is 4.52. The molecule has 2 aliphatic heterocycles. The number of nitrogens with one attached hydrogen (secondary N) is 1. The van der Waals surface area contributed by atoms with Crippen LogP contribution in [0, 0.1) is 11.3 Å². The van der Waals surface area contributed by atoms with Crippen LogP contribution in [0.5, 0.6) is 0 Å². The number of hydrogen-bond acceptors (Lipinski definition) is 6. The highest BCUT2D eigenvalue weighted by Crippen LogP contribution is 2.43. The van der Waals surface area contributed by atoms with Gasteiger partial charge in [-0.25, -0.2) is 4.79 Å². The van der Waals surface area contributed by atoms with Crippen molar-refractivity contribution in [3.8, 4) is 6.07 Å². The van der Waals surface area contributed by atoms with Crippen molar-refractivity contribution in [3.05, 3.63) is 52.1 Å². The summed E-state index contributed by atoms with van der Waals surface area (Å²) in [4.78, 5) is 12.6. The van der Waals surface area contributed by atoms with Gasteiger partial charge in [0.25, 0.3) is 0 Å². The van der Waals surface area contributed by atoms with Crippen LogP contribution in [0.25, 0.3) is 0 Å². The van der Waals surface area contributed by atoms with Crippen LogP contribution in [0.3, 0.4) is 0 Å². The van der Waals surface area contributed by atoms with Gasteiger partial charge in [0.05, 0.1) is 18.1 Å². The standard InChI is InChI=1S/C19H21N3O3/c1-3-24-19(23)15-11(2)25-18(21)14(10-20)16(15)13-8-4-6-12-7-5-9-22-17(12)13/h4,6,8,16,22H,3,5,7,9,21H2,1-2H3. The number of nitrogens with two attached hydrogens (primary N) is 1. The highest BCUT2D eigenvalue weighted by atomic mass is 16.5. The smallest absolute Gasteiger partial charge is 0.338 e. The van der Waals surface area contributed by atoms with Crippen molar-refractivity contribution in [2.75, 3.05) is 18.5 Å². The van der Waals surface area contributed by atoms with Crippen molar-refractivity contribution in [1.82, 2.24) is 0 Å². The maximum atomic E-state index is 12.6. The first-order valence-corrected chi connectivity index (χ1v) is 8.39. The maximum Gasteiger partial charge on any atom is 0.338 e. The van der Waals surface area contributed by atoms with Crippen molar-refractivity contribution in [2.45, 2.75) is 32.6 Å². The Hall–Kier alpha value is -2.94. The number of aryl methyl sites for hydroxylation is 1. The average molecular weight is 339 g/mol. The van der Waals surface area contributed by atoms with E-state index in [4.69, 9.17) is 15.2 Å². The van der Waals surface area contributed by atoms with E-state index in [2.05, 4.69) is 17.5 Å². The first kappa shape index (κ1) is 16.9. The fourth-order valence-electron chi connectivity index (χ4n) is 3.44. The molecule has 1 atom stereocenters. The molecule has 0 bridgehead atoms. The van der Waals surface area contributed by atoms with E-state index in [0.717, 1.165) is 30.6 Å². The van der Waals surface area contributed by atoms with E-state index in [1.807, 2.05) is 12.1 Å². The maximum absolute atomic E-state index is 12.6. The van der Waals surface area contributed by atoms with Crippen molar-refractivity contribution in [2.24, 2.45) is 5.73 Å². The molecule has 1 aromatic rings. The predicted molar refractivity (Wildman–Crippen MR) is 93.2 cm³/mol. The minimum Gasteiger partial charge on any atom is -0.463 e. The zero-order valence-electron chi connectivity index (χ0n) is 14.4. The molecule has 0 fully saturated rings. The van der Waals surface area contributed by atoms with Crippen LogP contribution < -0.4 is 11.1 Å². The number of carbonyl (C=O) groups excluding carboxylic acids is 1. The lowest BCUT2D eigenvalue weighted by atomic mass is 9.80. The lowest BCUT2D eigenvalue weighted by Crippen LogP contribution is -2.27. The van der Waals surface area contributed by atoms with Crippen molar-refractivity contribution in [3.63, 3.8) is 0 Å². The number of allylic oxidation sites excluding steroid dienone is 2. The van der Waals surface area contributed by atoms with Gasteiger partial charge < -0.3 is 20.5 Å². The fraction of sp³-hybridized carbons (Fsp3) is 0.368. The number of fused-ring (bicyclic) bond motifs is 1. The molecule has 0 spiro atoms. The Morgan fingerprint density at radius 3 is 3.04 bits per heavy atom. The van der Waals surface area contributed by atoms with Crippen LogP contribution in [0.4, 0.5) is 5.69 Å². The number of hydrogen-bond donors (Lipinski definition) is 2. The number of rotatable bonds is 3. The van der Waals surface area contributed by atoms with Gasteiger partial charge in [-0.2, -0.15) is 5.26 Å². The summed E-state index contributed by atoms with van der Waals surface area (Å²) in [5.41, 5.74) is 9.50. The van der Waals surface area contributed by atoms with Crippen LogP contribution in [0.15, 0.2) is 41.0 Å². The summed E-state index contributed by atoms with van der Waals surface area (Å²) < 4.78 is 10.7. The second-order valence-corrected chi connectivity index (χ2v) is 6.03. The molecule has 1 aromatic carbocycles. The van der Waals surface area contributed by atoms with E-state index in [0.29, 0.717) is 11.3 Å². The summed E-state index contributed by atoms with van der Waals surface area (Å²) in [5, 5.41) is 13.1. The zero-order valence-corrected chi connectivity index (χ0v) is 14.4. The van der Waals surface area contributed by atoms with Gasteiger partial charge in [-0.1, -0.05) is 18.2 Å². The van der Waals surface area contributed by atoms with Gasteiger partial charge in [-0.15, -0.1) is 0 Å². The van der Waals surface area contributed by atoms with Crippen LogP contribution in [-0.2, 0) is 20.7 Å². The SMILES string of the molecule is CCOC(=O)C1=C(C)OC(N)=C(C#N)C1c1cccc2c1NCCC2. The second kappa shape index (κ2) is 6.89. The molecule has 0 aromatic heterocycles. The first-order valence-electron chi connectivity index (χ1n) is 8.39. The minimum atomic E-state index is -0.599. The highest BCUT2D eigenvalue weighted by Gasteiger charge is 2.38. The van der Waals surface area contributed by atoms with Crippen LogP contribution in [-0.4, -0.2) is 19.1 Å². The molecule has 0 saturated carbocycles. The third kappa shape index (κ3) is 2.93. The van der Waals surface area contributed by atoms with Crippen molar-refractivity contribution in [1.29, 1.82) is 5.26 Å². The van der Waals surface area contributed by atoms with Gasteiger partial charge >= 0.3 is 5.97 Å². The van der Waals surface area contributed by atoms with Gasteiger partial charge in [-0.05, 0) is 37.8 Å². The van der Waals surface area contributed by atoms with Crippen LogP contribution in [0.2, 0.25) is 0 Å². The number of carbonyl (C=O) groups is 1. The number of para-hydroxylation sites is 1. The van der Waals surface area contributed by atoms with Crippen LogP contribution in [0.1, 0.15) is 37.3 Å². The average Bonchev–Trinajstić information content (AvgIpc) is 2.60. The number of nitrogens with zero attached hydrogens (tertiary/aromatic N) is 1. The van der Waals surface area contributed by atoms with E-state index >= 15 is 0 Å². The van der Waals surface area contributed by atoms with Gasteiger partial charge in [0.15, 0.2) is 0 Å². The molecule has 0 saturated heterocycles. The lowest BCUT2D eigenvalue weighted by Gasteiger charge is -2.30. The Labute approximate surface area is 146 Å². The van der Waals surface area contributed by atoms with E-state index < -0.39 is 11.9 Å². The van der Waals surface area contributed by atoms with E-state index in [9.17, 15) is 10.1 Å². The normalized spacial score (nSPS) is 19.5. The first-order chi connectivity index (χ1) is 12.1. The summed E-state index contributed by atoms with van der Waals surface area (Å²) in [6.07, 6.45) is 2.00. The third-order valence-corrected chi connectivity index (χ3v) is 4.52. The Balaban J connectivity index is 2.20. The van der Waals surface area contributed by atoms with Gasteiger partial charge in [0, 0.05) is 12.2 Å². The minimum absolute atomic E-state index is 0.0338. The topological polar surface area (TPSA) is 97.4 Å². The quantitative estimate of drug-likeness (QED) is 0.822. The molecule has 2 aliphatic rings. The van der Waals surface area contributed by atoms with Crippen molar-refractivity contribution >= 4 is 11.7 Å².